The number of hydrogen-bond donors (Lipinski definition) is 1. The molecule has 3 nitrogen and oxygen atoms in total. The molecule has 0 fully saturated rings. The van der Waals surface area contributed by atoms with Gasteiger partial charge in [0.05, 0.1) is 12.8 Å². The van der Waals surface area contributed by atoms with Gasteiger partial charge >= 0.3 is 0 Å². The second-order valence-corrected chi connectivity index (χ2v) is 4.80. The van der Waals surface area contributed by atoms with Crippen molar-refractivity contribution < 1.29 is 4.42 Å². The lowest BCUT2D eigenvalue weighted by Crippen LogP contribution is -2.32. The minimum Gasteiger partial charge on any atom is -0.468 e. The molecule has 0 aliphatic rings. The number of nitrogens with zero attached hydrogens (tertiary/aromatic N) is 1. The van der Waals surface area contributed by atoms with Crippen LogP contribution in [0.25, 0.3) is 0 Å². The molecule has 16 heavy (non-hydrogen) atoms. The van der Waals surface area contributed by atoms with Gasteiger partial charge in [0.1, 0.15) is 5.76 Å². The van der Waals surface area contributed by atoms with Crippen molar-refractivity contribution in [3.05, 3.63) is 23.7 Å². The molecule has 0 saturated carbocycles. The standard InChI is InChI=1S/C13H24N2O/c1-10(2)11(3)15(5)9-13-12(8-14-4)6-7-16-13/h6-7,10-11,14H,8-9H2,1-5H3. The summed E-state index contributed by atoms with van der Waals surface area (Å²) >= 11 is 0. The third-order valence-electron chi connectivity index (χ3n) is 3.26. The van der Waals surface area contributed by atoms with E-state index in [1.54, 1.807) is 6.26 Å². The van der Waals surface area contributed by atoms with Crippen molar-refractivity contribution in [2.24, 2.45) is 5.92 Å². The number of furan rings is 1. The van der Waals surface area contributed by atoms with Crippen LogP contribution in [0.15, 0.2) is 16.7 Å². The van der Waals surface area contributed by atoms with Gasteiger partial charge in [-0.3, -0.25) is 4.90 Å². The third-order valence-corrected chi connectivity index (χ3v) is 3.26. The molecular formula is C13H24N2O. The van der Waals surface area contributed by atoms with Crippen LogP contribution in [0.2, 0.25) is 0 Å². The van der Waals surface area contributed by atoms with Crippen molar-refractivity contribution in [1.82, 2.24) is 10.2 Å². The van der Waals surface area contributed by atoms with E-state index in [0.717, 1.165) is 18.8 Å². The van der Waals surface area contributed by atoms with E-state index < -0.39 is 0 Å². The highest BCUT2D eigenvalue weighted by Crippen LogP contribution is 2.16. The van der Waals surface area contributed by atoms with Crippen molar-refractivity contribution in [2.75, 3.05) is 14.1 Å². The van der Waals surface area contributed by atoms with Crippen LogP contribution in [-0.4, -0.2) is 25.0 Å². The Balaban J connectivity index is 2.61. The average molecular weight is 224 g/mol. The summed E-state index contributed by atoms with van der Waals surface area (Å²) < 4.78 is 5.54. The fourth-order valence-corrected chi connectivity index (χ4v) is 1.73. The molecule has 1 rings (SSSR count). The predicted molar refractivity (Wildman–Crippen MR) is 67.2 cm³/mol. The second-order valence-electron chi connectivity index (χ2n) is 4.80. The largest absolute Gasteiger partial charge is 0.468 e. The Morgan fingerprint density at radius 2 is 2.06 bits per heavy atom. The Hall–Kier alpha value is -0.800. The van der Waals surface area contributed by atoms with Gasteiger partial charge in [0.25, 0.3) is 0 Å². The summed E-state index contributed by atoms with van der Waals surface area (Å²) in [5.41, 5.74) is 1.25. The summed E-state index contributed by atoms with van der Waals surface area (Å²) in [6.07, 6.45) is 1.77. The zero-order valence-electron chi connectivity index (χ0n) is 11.1. The van der Waals surface area contributed by atoms with E-state index >= 15 is 0 Å². The van der Waals surface area contributed by atoms with Crippen molar-refractivity contribution >= 4 is 0 Å². The minimum absolute atomic E-state index is 0.563. The molecule has 0 radical (unpaired) electrons. The quantitative estimate of drug-likeness (QED) is 0.804. The molecule has 0 bridgehead atoms. The van der Waals surface area contributed by atoms with E-state index in [-0.39, 0.29) is 0 Å². The van der Waals surface area contributed by atoms with E-state index in [2.05, 4.69) is 38.0 Å². The molecule has 0 spiro atoms. The van der Waals surface area contributed by atoms with Gasteiger partial charge < -0.3 is 9.73 Å². The lowest BCUT2D eigenvalue weighted by molar-refractivity contribution is 0.186. The molecule has 0 aromatic carbocycles. The molecule has 0 aliphatic heterocycles. The highest BCUT2D eigenvalue weighted by molar-refractivity contribution is 5.16. The van der Waals surface area contributed by atoms with Gasteiger partial charge in [0.2, 0.25) is 0 Å². The first-order chi connectivity index (χ1) is 7.56. The summed E-state index contributed by atoms with van der Waals surface area (Å²) in [6, 6.07) is 2.60. The Labute approximate surface area is 98.8 Å². The van der Waals surface area contributed by atoms with Crippen LogP contribution >= 0.6 is 0 Å². The van der Waals surface area contributed by atoms with Crippen LogP contribution in [0.3, 0.4) is 0 Å². The molecule has 0 saturated heterocycles. The van der Waals surface area contributed by atoms with Crippen LogP contribution in [0.4, 0.5) is 0 Å². The molecule has 1 N–H and O–H groups in total. The maximum absolute atomic E-state index is 5.54. The average Bonchev–Trinajstić information content (AvgIpc) is 2.65. The molecular weight excluding hydrogens is 200 g/mol. The van der Waals surface area contributed by atoms with Crippen LogP contribution in [0, 0.1) is 5.92 Å². The normalized spacial score (nSPS) is 13.7. The summed E-state index contributed by atoms with van der Waals surface area (Å²) in [7, 11) is 4.10. The first-order valence-electron chi connectivity index (χ1n) is 5.96. The summed E-state index contributed by atoms with van der Waals surface area (Å²) in [6.45, 7) is 8.50. The van der Waals surface area contributed by atoms with Crippen molar-refractivity contribution in [1.29, 1.82) is 0 Å². The molecule has 0 aliphatic carbocycles. The Kier molecular flexibility index (Phi) is 5.03. The van der Waals surface area contributed by atoms with E-state index in [0.29, 0.717) is 12.0 Å². The van der Waals surface area contributed by atoms with Crippen molar-refractivity contribution in [2.45, 2.75) is 39.9 Å². The first-order valence-corrected chi connectivity index (χ1v) is 5.96. The Morgan fingerprint density at radius 1 is 1.38 bits per heavy atom. The third kappa shape index (κ3) is 3.35. The first kappa shape index (κ1) is 13.3. The Morgan fingerprint density at radius 3 is 2.62 bits per heavy atom. The van der Waals surface area contributed by atoms with Gasteiger partial charge in [-0.1, -0.05) is 13.8 Å². The van der Waals surface area contributed by atoms with E-state index in [1.165, 1.54) is 5.56 Å². The molecule has 1 aromatic rings. The van der Waals surface area contributed by atoms with Gasteiger partial charge in [0.15, 0.2) is 0 Å². The lowest BCUT2D eigenvalue weighted by Gasteiger charge is -2.27. The monoisotopic (exact) mass is 224 g/mol. The van der Waals surface area contributed by atoms with Crippen LogP contribution in [0.5, 0.6) is 0 Å². The maximum Gasteiger partial charge on any atom is 0.122 e. The summed E-state index contributed by atoms with van der Waals surface area (Å²) in [5, 5.41) is 3.16. The Bertz CT molecular complexity index is 307. The van der Waals surface area contributed by atoms with Crippen LogP contribution < -0.4 is 5.32 Å². The molecule has 1 atom stereocenters. The lowest BCUT2D eigenvalue weighted by atomic mass is 10.0. The van der Waals surface area contributed by atoms with E-state index in [9.17, 15) is 0 Å². The predicted octanol–water partition coefficient (Wildman–Crippen LogP) is 2.48. The zero-order chi connectivity index (χ0) is 12.1. The van der Waals surface area contributed by atoms with Gasteiger partial charge in [-0.25, -0.2) is 0 Å². The smallest absolute Gasteiger partial charge is 0.122 e. The topological polar surface area (TPSA) is 28.4 Å². The highest BCUT2D eigenvalue weighted by atomic mass is 16.3. The SMILES string of the molecule is CNCc1ccoc1CN(C)C(C)C(C)C. The van der Waals surface area contributed by atoms with E-state index in [4.69, 9.17) is 4.42 Å². The molecule has 1 aromatic heterocycles. The number of nitrogens with one attached hydrogen (secondary N) is 1. The van der Waals surface area contributed by atoms with Crippen LogP contribution in [-0.2, 0) is 13.1 Å². The fraction of sp³-hybridized carbons (Fsp3) is 0.692. The molecule has 3 heteroatoms. The molecule has 0 amide bonds. The molecule has 92 valence electrons. The summed E-state index contributed by atoms with van der Waals surface area (Å²) in [5.74, 6) is 1.73. The zero-order valence-corrected chi connectivity index (χ0v) is 11.1. The highest BCUT2D eigenvalue weighted by Gasteiger charge is 2.16. The van der Waals surface area contributed by atoms with Gasteiger partial charge in [-0.05, 0) is 33.0 Å². The molecule has 1 heterocycles. The summed E-state index contributed by atoms with van der Waals surface area (Å²) in [4.78, 5) is 2.34. The molecule has 1 unspecified atom stereocenters. The maximum atomic E-state index is 5.54. The minimum atomic E-state index is 0.563. The number of rotatable bonds is 6. The number of hydrogen-bond acceptors (Lipinski definition) is 3. The second kappa shape index (κ2) is 6.06. The van der Waals surface area contributed by atoms with Crippen LogP contribution in [0.1, 0.15) is 32.1 Å². The fourth-order valence-electron chi connectivity index (χ4n) is 1.73. The van der Waals surface area contributed by atoms with Gasteiger partial charge in [-0.15, -0.1) is 0 Å². The van der Waals surface area contributed by atoms with Crippen molar-refractivity contribution in [3.63, 3.8) is 0 Å². The van der Waals surface area contributed by atoms with Crippen molar-refractivity contribution in [3.8, 4) is 0 Å². The van der Waals surface area contributed by atoms with E-state index in [1.807, 2.05) is 13.1 Å². The van der Waals surface area contributed by atoms with Gasteiger partial charge in [0, 0.05) is 18.2 Å². The van der Waals surface area contributed by atoms with Gasteiger partial charge in [-0.2, -0.15) is 0 Å².